The van der Waals surface area contributed by atoms with Crippen LogP contribution in [-0.4, -0.2) is 40.3 Å². The molecule has 278 valence electrons. The maximum Gasteiger partial charge on any atom is 0.252 e. The number of allylic oxidation sites excluding steroid dienone is 4. The second-order valence-corrected chi connectivity index (χ2v) is 16.2. The molecular formula is C52H32BN7. The first kappa shape index (κ1) is 32.2. The number of hydrogen-bond donors (Lipinski definition) is 0. The number of pyridine rings is 2. The van der Waals surface area contributed by atoms with E-state index < -0.39 is 0 Å². The third-order valence-corrected chi connectivity index (χ3v) is 13.3. The highest BCUT2D eigenvalue weighted by molar-refractivity contribution is 7.03. The van der Waals surface area contributed by atoms with Gasteiger partial charge in [-0.05, 0) is 76.1 Å². The van der Waals surface area contributed by atoms with Crippen LogP contribution in [-0.2, 0) is 6.42 Å². The van der Waals surface area contributed by atoms with E-state index >= 15 is 0 Å². The topological polar surface area (TPSA) is 66.3 Å². The molecule has 0 radical (unpaired) electrons. The minimum absolute atomic E-state index is 0.0628. The molecule has 4 aromatic carbocycles. The fourth-order valence-electron chi connectivity index (χ4n) is 11.1. The van der Waals surface area contributed by atoms with E-state index in [0.717, 1.165) is 67.9 Å². The Hall–Kier alpha value is -7.84. The van der Waals surface area contributed by atoms with E-state index in [2.05, 4.69) is 141 Å². The molecule has 0 spiro atoms. The molecule has 7 nitrogen and oxygen atoms in total. The molecule has 1 unspecified atom stereocenters. The first-order valence-corrected chi connectivity index (χ1v) is 20.5. The highest BCUT2D eigenvalue weighted by Gasteiger charge is 2.47. The predicted molar refractivity (Wildman–Crippen MR) is 242 cm³/mol. The van der Waals surface area contributed by atoms with Crippen LogP contribution >= 0.6 is 0 Å². The van der Waals surface area contributed by atoms with E-state index in [1.54, 1.807) is 0 Å². The van der Waals surface area contributed by atoms with E-state index in [0.29, 0.717) is 5.82 Å². The molecule has 2 aliphatic heterocycles. The third-order valence-electron chi connectivity index (χ3n) is 13.3. The molecule has 0 fully saturated rings. The van der Waals surface area contributed by atoms with Gasteiger partial charge in [-0.2, -0.15) is 0 Å². The molecule has 10 aromatic rings. The highest BCUT2D eigenvalue weighted by atomic mass is 15.2. The second kappa shape index (κ2) is 11.6. The Morgan fingerprint density at radius 2 is 1.42 bits per heavy atom. The first-order chi connectivity index (χ1) is 29.7. The summed E-state index contributed by atoms with van der Waals surface area (Å²) in [5, 5.41) is 3.50. The van der Waals surface area contributed by atoms with Gasteiger partial charge in [0.25, 0.3) is 6.71 Å². The Labute approximate surface area is 345 Å². The van der Waals surface area contributed by atoms with Crippen molar-refractivity contribution < 1.29 is 0 Å². The minimum atomic E-state index is -0.0628. The maximum atomic E-state index is 5.07. The molecule has 4 aliphatic rings. The number of aromatic nitrogens is 7. The van der Waals surface area contributed by atoms with Gasteiger partial charge < -0.3 is 4.57 Å². The van der Waals surface area contributed by atoms with E-state index in [9.17, 15) is 0 Å². The van der Waals surface area contributed by atoms with Gasteiger partial charge in [0.2, 0.25) is 0 Å². The molecule has 0 N–H and O–H groups in total. The molecule has 6 aromatic heterocycles. The summed E-state index contributed by atoms with van der Waals surface area (Å²) in [7, 11) is 0. The van der Waals surface area contributed by atoms with Gasteiger partial charge in [0, 0.05) is 110 Å². The average Bonchev–Trinajstić information content (AvgIpc) is 3.92. The molecule has 8 heteroatoms. The number of para-hydroxylation sites is 2. The van der Waals surface area contributed by atoms with Crippen LogP contribution in [0.3, 0.4) is 0 Å². The third kappa shape index (κ3) is 4.00. The number of rotatable bonds is 3. The van der Waals surface area contributed by atoms with E-state index in [4.69, 9.17) is 26.5 Å². The van der Waals surface area contributed by atoms with Crippen LogP contribution in [0.1, 0.15) is 34.1 Å². The van der Waals surface area contributed by atoms with Gasteiger partial charge in [-0.1, -0.05) is 97.6 Å². The van der Waals surface area contributed by atoms with Crippen molar-refractivity contribution in [2.45, 2.75) is 12.3 Å². The number of hydrogen-bond acceptors (Lipinski definition) is 4. The molecule has 60 heavy (non-hydrogen) atoms. The summed E-state index contributed by atoms with van der Waals surface area (Å²) in [6, 6.07) is 43.8. The number of nitrogens with zero attached hydrogens (tertiary/aromatic N) is 7. The van der Waals surface area contributed by atoms with Gasteiger partial charge in [0.05, 0.1) is 5.69 Å². The number of fused-ring (bicyclic) bond motifs is 14. The van der Waals surface area contributed by atoms with E-state index in [1.807, 2.05) is 36.9 Å². The molecule has 2 aliphatic carbocycles. The van der Waals surface area contributed by atoms with Crippen LogP contribution in [0.25, 0.3) is 83.6 Å². The van der Waals surface area contributed by atoms with Crippen LogP contribution in [0.2, 0.25) is 0 Å². The normalized spacial score (nSPS) is 15.5. The largest absolute Gasteiger partial charge is 0.313 e. The van der Waals surface area contributed by atoms with E-state index in [-0.39, 0.29) is 12.6 Å². The van der Waals surface area contributed by atoms with Crippen LogP contribution < -0.4 is 10.9 Å². The molecule has 8 heterocycles. The Kier molecular flexibility index (Phi) is 6.24. The van der Waals surface area contributed by atoms with Crippen molar-refractivity contribution in [3.05, 3.63) is 199 Å². The minimum Gasteiger partial charge on any atom is -0.313 e. The van der Waals surface area contributed by atoms with Crippen molar-refractivity contribution in [1.82, 2.24) is 33.6 Å². The summed E-state index contributed by atoms with van der Waals surface area (Å²) in [5.41, 5.74) is 20.8. The summed E-state index contributed by atoms with van der Waals surface area (Å²) in [6.45, 7) is 4.69. The van der Waals surface area contributed by atoms with Crippen molar-refractivity contribution in [3.63, 3.8) is 0 Å². The van der Waals surface area contributed by atoms with Crippen molar-refractivity contribution in [2.24, 2.45) is 0 Å². The van der Waals surface area contributed by atoms with Crippen LogP contribution in [0.15, 0.2) is 171 Å². The van der Waals surface area contributed by atoms with Crippen molar-refractivity contribution in [3.8, 4) is 39.6 Å². The van der Waals surface area contributed by atoms with Gasteiger partial charge in [0.1, 0.15) is 11.3 Å². The molecule has 0 saturated carbocycles. The molecular weight excluding hydrogens is 733 g/mol. The van der Waals surface area contributed by atoms with Crippen molar-refractivity contribution in [1.29, 1.82) is 0 Å². The van der Waals surface area contributed by atoms with Gasteiger partial charge in [-0.15, -0.1) is 0 Å². The summed E-state index contributed by atoms with van der Waals surface area (Å²) in [5.74, 6) is 0.761. The van der Waals surface area contributed by atoms with Gasteiger partial charge in [-0.3, -0.25) is 14.1 Å². The molecule has 0 bridgehead atoms. The van der Waals surface area contributed by atoms with Crippen molar-refractivity contribution >= 4 is 61.7 Å². The quantitative estimate of drug-likeness (QED) is 0.168. The molecule has 1 atom stereocenters. The number of benzene rings is 4. The average molecular weight is 766 g/mol. The summed E-state index contributed by atoms with van der Waals surface area (Å²) in [4.78, 5) is 19.8. The predicted octanol–water partition coefficient (Wildman–Crippen LogP) is 9.56. The summed E-state index contributed by atoms with van der Waals surface area (Å²) < 4.78 is 7.47. The standard InChI is InChI=1S/C52H32BN7/c1-30-13-8-21-39-49-43(30)45-36-20-11-24-57-51(36)58(33-16-6-3-7-17-33)52(45)60(49)42-28-32(50-55-25-12-26-56-50)27-41-46(42)53(39)38-22-9-18-35-44-34-19-10-23-54-40(34)29-37(31-14-4-2-5-15-31)48(44)59(41)47(35)38/h2-28,37H,1,29H2. The maximum absolute atomic E-state index is 5.07. The monoisotopic (exact) mass is 765 g/mol. The Morgan fingerprint density at radius 1 is 0.667 bits per heavy atom. The Morgan fingerprint density at radius 3 is 2.27 bits per heavy atom. The molecule has 0 amide bonds. The van der Waals surface area contributed by atoms with Gasteiger partial charge in [-0.25, -0.2) is 15.0 Å². The van der Waals surface area contributed by atoms with E-state index in [1.165, 1.54) is 55.4 Å². The van der Waals surface area contributed by atoms with Gasteiger partial charge in [0.15, 0.2) is 5.82 Å². The van der Waals surface area contributed by atoms with Crippen LogP contribution in [0, 0.1) is 0 Å². The first-order valence-electron chi connectivity index (χ1n) is 20.5. The highest BCUT2D eigenvalue weighted by Crippen LogP contribution is 2.52. The zero-order valence-electron chi connectivity index (χ0n) is 32.3. The smallest absolute Gasteiger partial charge is 0.252 e. The zero-order valence-corrected chi connectivity index (χ0v) is 32.3. The van der Waals surface area contributed by atoms with Crippen molar-refractivity contribution in [2.75, 3.05) is 0 Å². The molecule has 14 rings (SSSR count). The van der Waals surface area contributed by atoms with Crippen LogP contribution in [0.5, 0.6) is 0 Å². The lowest BCUT2D eigenvalue weighted by molar-refractivity contribution is 0.729. The Bertz CT molecular complexity index is 3590. The lowest BCUT2D eigenvalue weighted by Gasteiger charge is -2.37. The fourth-order valence-corrected chi connectivity index (χ4v) is 11.1. The van der Waals surface area contributed by atoms with Crippen LogP contribution in [0.4, 0.5) is 0 Å². The lowest BCUT2D eigenvalue weighted by atomic mass is 9.33. The summed E-state index contributed by atoms with van der Waals surface area (Å²) >= 11 is 0. The SMILES string of the molecule is C=C1C=CC=C2B3c4c(cc(-c5ncccn5)cc4-n4c2c1c1c2cccnc2n(-c2ccccc2)c14)-n1c2c(c4cccc3c41)-c1cccnc1CC2c1ccccc1. The Balaban J connectivity index is 1.21. The van der Waals surface area contributed by atoms with Gasteiger partial charge >= 0.3 is 0 Å². The summed E-state index contributed by atoms with van der Waals surface area (Å²) in [6.07, 6.45) is 15.0. The second-order valence-electron chi connectivity index (χ2n) is 16.2. The zero-order chi connectivity index (χ0) is 39.2. The lowest BCUT2D eigenvalue weighted by Crippen LogP contribution is -2.53. The fraction of sp³-hybridized carbons (Fsp3) is 0.0385. The molecule has 0 saturated heterocycles.